The smallest absolute Gasteiger partial charge is 0.287 e. The van der Waals surface area contributed by atoms with Crippen LogP contribution in [0.1, 0.15) is 0 Å². The van der Waals surface area contributed by atoms with Crippen LogP contribution in [0.5, 0.6) is 0 Å². The second-order valence-electron chi connectivity index (χ2n) is 4.62. The van der Waals surface area contributed by atoms with Crippen LogP contribution in [0.3, 0.4) is 0 Å². The van der Waals surface area contributed by atoms with Gasteiger partial charge >= 0.3 is 0 Å². The Kier molecular flexibility index (Phi) is 8.29. The van der Waals surface area contributed by atoms with Crippen molar-refractivity contribution in [3.05, 3.63) is 21.6 Å². The summed E-state index contributed by atoms with van der Waals surface area (Å²) in [5.41, 5.74) is 0.238. The van der Waals surface area contributed by atoms with Gasteiger partial charge in [0.1, 0.15) is 5.02 Å². The van der Waals surface area contributed by atoms with Gasteiger partial charge in [0.05, 0.1) is 31.6 Å². The van der Waals surface area contributed by atoms with Crippen LogP contribution in [0.25, 0.3) is 0 Å². The normalized spacial score (nSPS) is 11.1. The standard InChI is InChI=1S/C13H23ClN4O3/c1-17(6-8-20-2)5-4-15-11-10-16-18(7-9-21-3)13(19)12(11)14/h10,15H,4-9H2,1-3H3. The van der Waals surface area contributed by atoms with Gasteiger partial charge in [-0.05, 0) is 7.05 Å². The molecule has 0 saturated carbocycles. The largest absolute Gasteiger partial charge is 0.383 e. The Bertz CT molecular complexity index is 481. The number of rotatable bonds is 10. The Morgan fingerprint density at radius 3 is 2.71 bits per heavy atom. The molecule has 0 aromatic carbocycles. The fraction of sp³-hybridized carbons (Fsp3) is 0.692. The third kappa shape index (κ3) is 6.01. The lowest BCUT2D eigenvalue weighted by Gasteiger charge is -2.17. The van der Waals surface area contributed by atoms with Gasteiger partial charge in [0, 0.05) is 33.9 Å². The van der Waals surface area contributed by atoms with Crippen molar-refractivity contribution in [2.24, 2.45) is 0 Å². The van der Waals surface area contributed by atoms with Crippen molar-refractivity contribution in [3.63, 3.8) is 0 Å². The molecule has 1 rings (SSSR count). The number of hydrogen-bond acceptors (Lipinski definition) is 6. The first-order valence-corrected chi connectivity index (χ1v) is 7.13. The number of nitrogens with one attached hydrogen (secondary N) is 1. The molecular formula is C13H23ClN4O3. The van der Waals surface area contributed by atoms with E-state index in [1.807, 2.05) is 7.05 Å². The molecule has 1 aromatic rings. The molecule has 0 bridgehead atoms. The molecule has 0 aliphatic carbocycles. The molecule has 0 aliphatic rings. The van der Waals surface area contributed by atoms with Crippen LogP contribution in [0.15, 0.2) is 11.0 Å². The molecular weight excluding hydrogens is 296 g/mol. The van der Waals surface area contributed by atoms with Gasteiger partial charge in [-0.15, -0.1) is 0 Å². The predicted octanol–water partition coefficient (Wildman–Crippen LogP) is 0.533. The van der Waals surface area contributed by atoms with Gasteiger partial charge in [-0.25, -0.2) is 4.68 Å². The minimum absolute atomic E-state index is 0.153. The lowest BCUT2D eigenvalue weighted by atomic mass is 10.4. The van der Waals surface area contributed by atoms with Crippen LogP contribution in [0.2, 0.25) is 5.02 Å². The zero-order chi connectivity index (χ0) is 15.7. The number of likely N-dealkylation sites (N-methyl/N-ethyl adjacent to an activating group) is 1. The van der Waals surface area contributed by atoms with E-state index in [9.17, 15) is 4.79 Å². The zero-order valence-electron chi connectivity index (χ0n) is 12.8. The minimum Gasteiger partial charge on any atom is -0.383 e. The lowest BCUT2D eigenvalue weighted by Crippen LogP contribution is -2.29. The van der Waals surface area contributed by atoms with Gasteiger partial charge in [-0.3, -0.25) is 4.79 Å². The van der Waals surface area contributed by atoms with E-state index in [0.717, 1.165) is 13.1 Å². The van der Waals surface area contributed by atoms with Crippen LogP contribution < -0.4 is 10.9 Å². The van der Waals surface area contributed by atoms with Crippen molar-refractivity contribution in [1.82, 2.24) is 14.7 Å². The topological polar surface area (TPSA) is 68.6 Å². The fourth-order valence-electron chi connectivity index (χ4n) is 1.67. The third-order valence-corrected chi connectivity index (χ3v) is 3.34. The average molecular weight is 319 g/mol. The Balaban J connectivity index is 2.52. The first kappa shape index (κ1) is 17.9. The van der Waals surface area contributed by atoms with Crippen molar-refractivity contribution >= 4 is 17.3 Å². The van der Waals surface area contributed by atoms with E-state index < -0.39 is 0 Å². The highest BCUT2D eigenvalue weighted by Crippen LogP contribution is 2.14. The molecule has 0 spiro atoms. The molecule has 8 heteroatoms. The summed E-state index contributed by atoms with van der Waals surface area (Å²) in [5.74, 6) is 0. The second kappa shape index (κ2) is 9.73. The highest BCUT2D eigenvalue weighted by molar-refractivity contribution is 6.32. The van der Waals surface area contributed by atoms with E-state index in [4.69, 9.17) is 21.1 Å². The summed E-state index contributed by atoms with van der Waals surface area (Å²) in [5, 5.41) is 7.34. The van der Waals surface area contributed by atoms with Crippen molar-refractivity contribution < 1.29 is 9.47 Å². The molecule has 0 aliphatic heterocycles. The van der Waals surface area contributed by atoms with Crippen LogP contribution in [-0.4, -0.2) is 68.8 Å². The Hall–Kier alpha value is -1.15. The van der Waals surface area contributed by atoms with E-state index in [0.29, 0.717) is 32.0 Å². The van der Waals surface area contributed by atoms with Crippen LogP contribution >= 0.6 is 11.6 Å². The highest BCUT2D eigenvalue weighted by Gasteiger charge is 2.09. The summed E-state index contributed by atoms with van der Waals surface area (Å²) in [6.45, 7) is 3.82. The second-order valence-corrected chi connectivity index (χ2v) is 4.99. The summed E-state index contributed by atoms with van der Waals surface area (Å²) < 4.78 is 11.2. The van der Waals surface area contributed by atoms with Crippen molar-refractivity contribution in [2.75, 3.05) is 59.4 Å². The van der Waals surface area contributed by atoms with E-state index in [1.165, 1.54) is 4.68 Å². The predicted molar refractivity (Wildman–Crippen MR) is 83.2 cm³/mol. The summed E-state index contributed by atoms with van der Waals surface area (Å²) in [6, 6.07) is 0. The molecule has 0 atom stereocenters. The number of ether oxygens (including phenoxy) is 2. The van der Waals surface area contributed by atoms with Crippen molar-refractivity contribution in [2.45, 2.75) is 6.54 Å². The van der Waals surface area contributed by atoms with Gasteiger partial charge in [0.15, 0.2) is 0 Å². The van der Waals surface area contributed by atoms with E-state index in [2.05, 4.69) is 15.3 Å². The molecule has 21 heavy (non-hydrogen) atoms. The zero-order valence-corrected chi connectivity index (χ0v) is 13.5. The number of nitrogens with zero attached hydrogens (tertiary/aromatic N) is 3. The molecule has 1 heterocycles. The quantitative estimate of drug-likeness (QED) is 0.679. The summed E-state index contributed by atoms with van der Waals surface area (Å²) in [4.78, 5) is 14.1. The number of hydrogen-bond donors (Lipinski definition) is 1. The van der Waals surface area contributed by atoms with Gasteiger partial charge in [0.25, 0.3) is 5.56 Å². The van der Waals surface area contributed by atoms with Crippen LogP contribution in [-0.2, 0) is 16.0 Å². The summed E-state index contributed by atoms with van der Waals surface area (Å²) >= 11 is 6.07. The van der Waals surface area contributed by atoms with E-state index in [1.54, 1.807) is 20.4 Å². The van der Waals surface area contributed by atoms with Gasteiger partial charge in [-0.1, -0.05) is 11.6 Å². The van der Waals surface area contributed by atoms with Crippen molar-refractivity contribution in [3.8, 4) is 0 Å². The lowest BCUT2D eigenvalue weighted by molar-refractivity contribution is 0.163. The average Bonchev–Trinajstić information content (AvgIpc) is 2.48. The first-order valence-electron chi connectivity index (χ1n) is 6.76. The number of halogens is 1. The fourth-order valence-corrected chi connectivity index (χ4v) is 1.88. The Morgan fingerprint density at radius 2 is 2.05 bits per heavy atom. The maximum Gasteiger partial charge on any atom is 0.287 e. The summed E-state index contributed by atoms with van der Waals surface area (Å²) in [7, 11) is 5.25. The van der Waals surface area contributed by atoms with Crippen LogP contribution in [0, 0.1) is 0 Å². The first-order chi connectivity index (χ1) is 10.1. The van der Waals surface area contributed by atoms with Gasteiger partial charge in [-0.2, -0.15) is 5.10 Å². The molecule has 0 saturated heterocycles. The Morgan fingerprint density at radius 1 is 1.33 bits per heavy atom. The number of methoxy groups -OCH3 is 2. The molecule has 0 fully saturated rings. The van der Waals surface area contributed by atoms with Crippen molar-refractivity contribution in [1.29, 1.82) is 0 Å². The molecule has 0 amide bonds. The van der Waals surface area contributed by atoms with Gasteiger partial charge in [0.2, 0.25) is 0 Å². The SMILES string of the molecule is COCCN(C)CCNc1cnn(CCOC)c(=O)c1Cl. The number of aromatic nitrogens is 2. The van der Waals surface area contributed by atoms with E-state index >= 15 is 0 Å². The Labute approximate surface area is 129 Å². The number of anilines is 1. The molecule has 1 aromatic heterocycles. The van der Waals surface area contributed by atoms with Crippen LogP contribution in [0.4, 0.5) is 5.69 Å². The molecule has 0 unspecified atom stereocenters. The third-order valence-electron chi connectivity index (χ3n) is 2.98. The van der Waals surface area contributed by atoms with Gasteiger partial charge < -0.3 is 19.7 Å². The molecule has 120 valence electrons. The van der Waals surface area contributed by atoms with E-state index in [-0.39, 0.29) is 10.6 Å². The summed E-state index contributed by atoms with van der Waals surface area (Å²) in [6.07, 6.45) is 1.56. The molecule has 1 N–H and O–H groups in total. The molecule has 7 nitrogen and oxygen atoms in total. The maximum absolute atomic E-state index is 12.0. The minimum atomic E-state index is -0.313. The maximum atomic E-state index is 12.0. The molecule has 0 radical (unpaired) electrons. The monoisotopic (exact) mass is 318 g/mol. The highest BCUT2D eigenvalue weighted by atomic mass is 35.5.